The second-order valence-electron chi connectivity index (χ2n) is 3.98. The van der Waals surface area contributed by atoms with Crippen molar-refractivity contribution in [3.63, 3.8) is 0 Å². The van der Waals surface area contributed by atoms with Gasteiger partial charge in [0.1, 0.15) is 12.2 Å². The molecular formula is C12H10N2O. The molecule has 0 spiro atoms. The summed E-state index contributed by atoms with van der Waals surface area (Å²) in [7, 11) is 0. The van der Waals surface area contributed by atoms with Crippen LogP contribution in [0.4, 0.5) is 0 Å². The van der Waals surface area contributed by atoms with E-state index in [9.17, 15) is 0 Å². The van der Waals surface area contributed by atoms with Crippen molar-refractivity contribution in [2.75, 3.05) is 0 Å². The molecule has 1 fully saturated rings. The summed E-state index contributed by atoms with van der Waals surface area (Å²) in [6.45, 7) is 0. The highest BCUT2D eigenvalue weighted by Gasteiger charge is 2.51. The van der Waals surface area contributed by atoms with E-state index in [0.29, 0.717) is 0 Å². The highest BCUT2D eigenvalue weighted by atomic mass is 16.6. The summed E-state index contributed by atoms with van der Waals surface area (Å²) in [6, 6.07) is 0. The monoisotopic (exact) mass is 198 g/mol. The number of epoxide rings is 1. The Morgan fingerprint density at radius 1 is 0.867 bits per heavy atom. The van der Waals surface area contributed by atoms with Gasteiger partial charge in [0.25, 0.3) is 0 Å². The van der Waals surface area contributed by atoms with E-state index in [2.05, 4.69) is 22.8 Å². The summed E-state index contributed by atoms with van der Waals surface area (Å²) >= 11 is 0. The lowest BCUT2D eigenvalue weighted by molar-refractivity contribution is 0.405. The average Bonchev–Trinajstić information content (AvgIpc) is 3.10. The van der Waals surface area contributed by atoms with Crippen molar-refractivity contribution in [2.45, 2.75) is 12.2 Å². The number of nitrogens with one attached hydrogen (secondary N) is 2. The largest absolute Gasteiger partial charge is 0.360 e. The third-order valence-corrected chi connectivity index (χ3v) is 3.13. The molecule has 74 valence electrons. The summed E-state index contributed by atoms with van der Waals surface area (Å²) in [5.41, 5.74) is 4.84. The standard InChI is InChI=1S/C12H10N2O/c1-3-7-9(13-5-1)10-8(4-2-6-14-10)12-11(7)15-12/h1-6,11-14H. The van der Waals surface area contributed by atoms with Gasteiger partial charge in [0.05, 0.1) is 11.4 Å². The summed E-state index contributed by atoms with van der Waals surface area (Å²) < 4.78 is 5.69. The second-order valence-corrected chi connectivity index (χ2v) is 3.98. The van der Waals surface area contributed by atoms with Gasteiger partial charge in [0.2, 0.25) is 0 Å². The lowest BCUT2D eigenvalue weighted by Crippen LogP contribution is -2.29. The molecule has 3 heterocycles. The molecule has 2 unspecified atom stereocenters. The van der Waals surface area contributed by atoms with Crippen LogP contribution in [-0.4, -0.2) is 12.2 Å². The minimum Gasteiger partial charge on any atom is -0.360 e. The van der Waals surface area contributed by atoms with Gasteiger partial charge in [-0.25, -0.2) is 0 Å². The zero-order chi connectivity index (χ0) is 9.83. The number of hydrogen-bond donors (Lipinski definition) is 2. The Hall–Kier alpha value is -1.74. The number of allylic oxidation sites excluding steroid dienone is 4. The normalized spacial score (nSPS) is 34.1. The molecular weight excluding hydrogens is 188 g/mol. The van der Waals surface area contributed by atoms with Crippen molar-refractivity contribution < 1.29 is 4.74 Å². The van der Waals surface area contributed by atoms with Gasteiger partial charge in [-0.2, -0.15) is 0 Å². The van der Waals surface area contributed by atoms with E-state index in [0.717, 1.165) is 11.4 Å². The molecule has 1 aliphatic carbocycles. The Morgan fingerprint density at radius 3 is 1.93 bits per heavy atom. The highest BCUT2D eigenvalue weighted by Crippen LogP contribution is 2.46. The van der Waals surface area contributed by atoms with Crippen LogP contribution in [0, 0.1) is 0 Å². The van der Waals surface area contributed by atoms with Crippen molar-refractivity contribution >= 4 is 0 Å². The Bertz CT molecular complexity index is 450. The van der Waals surface area contributed by atoms with E-state index in [-0.39, 0.29) is 12.2 Å². The van der Waals surface area contributed by atoms with Crippen LogP contribution in [-0.2, 0) is 4.74 Å². The van der Waals surface area contributed by atoms with Gasteiger partial charge in [0, 0.05) is 23.5 Å². The fraction of sp³-hybridized carbons (Fsp3) is 0.167. The molecule has 3 heteroatoms. The first-order valence-electron chi connectivity index (χ1n) is 5.12. The van der Waals surface area contributed by atoms with Crippen molar-refractivity contribution in [1.29, 1.82) is 0 Å². The third kappa shape index (κ3) is 0.882. The summed E-state index contributed by atoms with van der Waals surface area (Å²) in [6.07, 6.45) is 12.7. The predicted molar refractivity (Wildman–Crippen MR) is 56.4 cm³/mol. The Kier molecular flexibility index (Phi) is 1.22. The van der Waals surface area contributed by atoms with Gasteiger partial charge < -0.3 is 15.4 Å². The molecule has 4 aliphatic rings. The zero-order valence-corrected chi connectivity index (χ0v) is 8.03. The van der Waals surface area contributed by atoms with Crippen molar-refractivity contribution in [1.82, 2.24) is 10.6 Å². The number of ether oxygens (including phenoxy) is 1. The molecule has 2 N–H and O–H groups in total. The lowest BCUT2D eigenvalue weighted by atomic mass is 9.89. The van der Waals surface area contributed by atoms with Crippen LogP contribution in [0.2, 0.25) is 0 Å². The van der Waals surface area contributed by atoms with Gasteiger partial charge in [-0.05, 0) is 12.2 Å². The van der Waals surface area contributed by atoms with Crippen molar-refractivity contribution in [3.8, 4) is 0 Å². The quantitative estimate of drug-likeness (QED) is 0.571. The molecule has 0 amide bonds. The minimum absolute atomic E-state index is 0.265. The van der Waals surface area contributed by atoms with Gasteiger partial charge >= 0.3 is 0 Å². The van der Waals surface area contributed by atoms with E-state index >= 15 is 0 Å². The molecule has 0 aromatic rings. The van der Waals surface area contributed by atoms with Crippen molar-refractivity contribution in [2.24, 2.45) is 0 Å². The molecule has 3 aliphatic heterocycles. The molecule has 4 rings (SSSR count). The van der Waals surface area contributed by atoms with Crippen LogP contribution in [0.25, 0.3) is 0 Å². The van der Waals surface area contributed by atoms with Gasteiger partial charge in [-0.15, -0.1) is 0 Å². The van der Waals surface area contributed by atoms with Crippen LogP contribution in [0.3, 0.4) is 0 Å². The molecule has 0 radical (unpaired) electrons. The number of dihydropyridines is 2. The van der Waals surface area contributed by atoms with Crippen LogP contribution in [0.1, 0.15) is 0 Å². The molecule has 15 heavy (non-hydrogen) atoms. The van der Waals surface area contributed by atoms with Gasteiger partial charge in [-0.3, -0.25) is 0 Å². The van der Waals surface area contributed by atoms with E-state index in [1.807, 2.05) is 24.6 Å². The van der Waals surface area contributed by atoms with Crippen LogP contribution >= 0.6 is 0 Å². The summed E-state index contributed by atoms with van der Waals surface area (Å²) in [5, 5.41) is 6.58. The molecule has 0 saturated carbocycles. The smallest absolute Gasteiger partial charge is 0.116 e. The highest BCUT2D eigenvalue weighted by molar-refractivity contribution is 5.60. The lowest BCUT2D eigenvalue weighted by Gasteiger charge is -2.25. The Labute approximate surface area is 87.5 Å². The molecule has 0 aromatic heterocycles. The maximum absolute atomic E-state index is 5.69. The van der Waals surface area contributed by atoms with Crippen LogP contribution < -0.4 is 10.6 Å². The van der Waals surface area contributed by atoms with Crippen LogP contribution in [0.5, 0.6) is 0 Å². The fourth-order valence-electron chi connectivity index (χ4n) is 2.39. The molecule has 0 bridgehead atoms. The molecule has 2 atom stereocenters. The second kappa shape index (κ2) is 2.44. The molecule has 0 aromatic carbocycles. The first kappa shape index (κ1) is 7.54. The average molecular weight is 198 g/mol. The summed E-state index contributed by atoms with van der Waals surface area (Å²) in [5.74, 6) is 0. The van der Waals surface area contributed by atoms with Gasteiger partial charge in [-0.1, -0.05) is 12.2 Å². The predicted octanol–water partition coefficient (Wildman–Crippen LogP) is 1.07. The topological polar surface area (TPSA) is 36.6 Å². The zero-order valence-electron chi connectivity index (χ0n) is 8.03. The maximum Gasteiger partial charge on any atom is 0.116 e. The third-order valence-electron chi connectivity index (χ3n) is 3.13. The SMILES string of the molecule is C1=CNC2=C3NC=CC=C3C3OC3C2=C1. The van der Waals surface area contributed by atoms with E-state index in [4.69, 9.17) is 4.74 Å². The number of rotatable bonds is 0. The number of hydrogen-bond acceptors (Lipinski definition) is 3. The first-order chi connectivity index (χ1) is 7.45. The van der Waals surface area contributed by atoms with E-state index < -0.39 is 0 Å². The van der Waals surface area contributed by atoms with Crippen molar-refractivity contribution in [3.05, 3.63) is 59.2 Å². The van der Waals surface area contributed by atoms with E-state index in [1.54, 1.807) is 0 Å². The maximum atomic E-state index is 5.69. The molecule has 3 nitrogen and oxygen atoms in total. The number of fused-ring (bicyclic) bond motifs is 5. The first-order valence-corrected chi connectivity index (χ1v) is 5.12. The van der Waals surface area contributed by atoms with Gasteiger partial charge in [0.15, 0.2) is 0 Å². The Balaban J connectivity index is 1.95. The molecule has 1 saturated heterocycles. The van der Waals surface area contributed by atoms with E-state index in [1.165, 1.54) is 11.1 Å². The van der Waals surface area contributed by atoms with Crippen LogP contribution in [0.15, 0.2) is 59.2 Å². The minimum atomic E-state index is 0.265. The Morgan fingerprint density at radius 2 is 1.40 bits per heavy atom. The fourth-order valence-corrected chi connectivity index (χ4v) is 2.39. The summed E-state index contributed by atoms with van der Waals surface area (Å²) in [4.78, 5) is 0.